The number of nitrogens with one attached hydrogen (secondary N) is 2. The van der Waals surface area contributed by atoms with Gasteiger partial charge in [0.2, 0.25) is 11.8 Å². The van der Waals surface area contributed by atoms with E-state index in [4.69, 9.17) is 0 Å². The third kappa shape index (κ3) is 38.4. The van der Waals surface area contributed by atoms with E-state index in [0.29, 0.717) is 38.0 Å². The lowest BCUT2D eigenvalue weighted by Gasteiger charge is -2.23. The summed E-state index contributed by atoms with van der Waals surface area (Å²) >= 11 is 0. The fourth-order valence-corrected chi connectivity index (χ4v) is 7.11. The van der Waals surface area contributed by atoms with Crippen LogP contribution in [-0.2, 0) is 14.4 Å². The van der Waals surface area contributed by atoms with Crippen LogP contribution in [0.1, 0.15) is 226 Å². The van der Waals surface area contributed by atoms with Crippen LogP contribution in [0.15, 0.2) is 12.3 Å². The van der Waals surface area contributed by atoms with Crippen molar-refractivity contribution >= 4 is 17.6 Å². The first-order chi connectivity index (χ1) is 26.3. The van der Waals surface area contributed by atoms with E-state index in [1.807, 2.05) is 4.90 Å². The number of carbonyl (C=O) groups is 3. The van der Waals surface area contributed by atoms with Gasteiger partial charge in [-0.15, -0.1) is 0 Å². The Morgan fingerprint density at radius 2 is 0.833 bits per heavy atom. The van der Waals surface area contributed by atoms with Crippen molar-refractivity contribution in [2.45, 2.75) is 226 Å². The molecule has 2 amide bonds. The van der Waals surface area contributed by atoms with Crippen LogP contribution in [-0.4, -0.2) is 74.2 Å². The minimum Gasteiger partial charge on any atom is -0.388 e. The topological polar surface area (TPSA) is 81.8 Å². The van der Waals surface area contributed by atoms with Gasteiger partial charge in [0, 0.05) is 64.1 Å². The summed E-state index contributed by atoms with van der Waals surface area (Å²) in [5, 5.41) is 6.45. The first-order valence-electron chi connectivity index (χ1n) is 23.4. The Morgan fingerprint density at radius 3 is 1.30 bits per heavy atom. The zero-order chi connectivity index (χ0) is 39.7. The minimum atomic E-state index is 0.163. The van der Waals surface area contributed by atoms with Crippen molar-refractivity contribution in [3.8, 4) is 0 Å². The first-order valence-corrected chi connectivity index (χ1v) is 23.4. The van der Waals surface area contributed by atoms with Gasteiger partial charge < -0.3 is 20.4 Å². The van der Waals surface area contributed by atoms with Crippen LogP contribution in [0.4, 0.5) is 0 Å². The lowest BCUT2D eigenvalue weighted by molar-refractivity contribution is -0.131. The van der Waals surface area contributed by atoms with Crippen molar-refractivity contribution in [3.63, 3.8) is 0 Å². The lowest BCUT2D eigenvalue weighted by atomic mass is 10.0. The van der Waals surface area contributed by atoms with Crippen LogP contribution in [0.3, 0.4) is 0 Å². The van der Waals surface area contributed by atoms with Crippen molar-refractivity contribution in [2.24, 2.45) is 0 Å². The zero-order valence-corrected chi connectivity index (χ0v) is 36.7. The summed E-state index contributed by atoms with van der Waals surface area (Å²) < 4.78 is 0. The molecule has 318 valence electrons. The van der Waals surface area contributed by atoms with Gasteiger partial charge in [-0.25, -0.2) is 0 Å². The van der Waals surface area contributed by atoms with Crippen LogP contribution in [0.25, 0.3) is 0 Å². The van der Waals surface area contributed by atoms with Crippen molar-refractivity contribution in [1.82, 2.24) is 20.4 Å². The number of ketones is 1. The predicted octanol–water partition coefficient (Wildman–Crippen LogP) is 12.1. The maximum absolute atomic E-state index is 13.3. The Kier molecular flexibility index (Phi) is 39.3. The molecule has 0 aromatic rings. The average Bonchev–Trinajstić information content (AvgIpc) is 3.15. The third-order valence-corrected chi connectivity index (χ3v) is 10.8. The van der Waals surface area contributed by atoms with Gasteiger partial charge in [0.15, 0.2) is 0 Å². The number of hydrogen-bond acceptors (Lipinski definition) is 5. The number of allylic oxidation sites excluding steroid dienone is 1. The largest absolute Gasteiger partial charge is 0.388 e. The molecule has 0 aliphatic rings. The van der Waals surface area contributed by atoms with Gasteiger partial charge in [-0.3, -0.25) is 14.4 Å². The van der Waals surface area contributed by atoms with E-state index in [-0.39, 0.29) is 11.8 Å². The van der Waals surface area contributed by atoms with E-state index < -0.39 is 0 Å². The highest BCUT2D eigenvalue weighted by atomic mass is 16.2. The summed E-state index contributed by atoms with van der Waals surface area (Å²) in [6.07, 6.45) is 37.6. The molecule has 2 N–H and O–H groups in total. The van der Waals surface area contributed by atoms with Crippen LogP contribution >= 0.6 is 0 Å². The van der Waals surface area contributed by atoms with E-state index in [0.717, 1.165) is 96.1 Å². The van der Waals surface area contributed by atoms with Crippen molar-refractivity contribution < 1.29 is 14.4 Å². The number of nitrogens with zero attached hydrogens (tertiary/aromatic N) is 2. The van der Waals surface area contributed by atoms with Gasteiger partial charge in [0.25, 0.3) is 0 Å². The molecule has 0 aromatic carbocycles. The molecule has 7 heteroatoms. The molecule has 0 aliphatic carbocycles. The molecule has 0 spiro atoms. The van der Waals surface area contributed by atoms with Gasteiger partial charge in [-0.05, 0) is 59.0 Å². The molecular formula is C47H92N4O3. The molecule has 54 heavy (non-hydrogen) atoms. The lowest BCUT2D eigenvalue weighted by Crippen LogP contribution is -2.34. The predicted molar refractivity (Wildman–Crippen MR) is 234 cm³/mol. The molecule has 7 nitrogen and oxygen atoms in total. The van der Waals surface area contributed by atoms with Gasteiger partial charge in [0.1, 0.15) is 5.78 Å². The molecule has 0 radical (unpaired) electrons. The molecule has 0 unspecified atom stereocenters. The Labute approximate surface area is 336 Å². The number of Topliss-reactive ketones (excluding diaryl/α,β-unsaturated/α-hetero) is 1. The van der Waals surface area contributed by atoms with Crippen molar-refractivity contribution in [3.05, 3.63) is 12.3 Å². The Morgan fingerprint density at radius 1 is 0.426 bits per heavy atom. The maximum Gasteiger partial charge on any atom is 0.222 e. The van der Waals surface area contributed by atoms with E-state index >= 15 is 0 Å². The Hall–Kier alpha value is -1.89. The molecular weight excluding hydrogens is 669 g/mol. The summed E-state index contributed by atoms with van der Waals surface area (Å²) in [5.41, 5.74) is 0.920. The summed E-state index contributed by atoms with van der Waals surface area (Å²) in [6.45, 7) is 12.6. The highest BCUT2D eigenvalue weighted by molar-refractivity contribution is 5.78. The van der Waals surface area contributed by atoms with Crippen LogP contribution in [0.2, 0.25) is 0 Å². The SMILES string of the molecule is C=C(CCC(=O)N(CCCCCCC(=O)CCCCCCCCCCCCC)CCCCNC(=O)CCCCCCCCCCCCC)NCCN(C)C. The van der Waals surface area contributed by atoms with Gasteiger partial charge in [0.05, 0.1) is 0 Å². The summed E-state index contributed by atoms with van der Waals surface area (Å²) in [5.74, 6) is 0.776. The quantitative estimate of drug-likeness (QED) is 0.0605. The number of rotatable bonds is 43. The average molecular weight is 761 g/mol. The summed E-state index contributed by atoms with van der Waals surface area (Å²) in [6, 6.07) is 0. The van der Waals surface area contributed by atoms with Gasteiger partial charge in [-0.2, -0.15) is 0 Å². The second-order valence-corrected chi connectivity index (χ2v) is 16.5. The number of amides is 2. The van der Waals surface area contributed by atoms with Crippen LogP contribution in [0, 0.1) is 0 Å². The van der Waals surface area contributed by atoms with Gasteiger partial charge in [-0.1, -0.05) is 162 Å². The highest BCUT2D eigenvalue weighted by Gasteiger charge is 2.14. The fourth-order valence-electron chi connectivity index (χ4n) is 7.11. The molecule has 0 bridgehead atoms. The van der Waals surface area contributed by atoms with E-state index in [9.17, 15) is 14.4 Å². The maximum atomic E-state index is 13.3. The third-order valence-electron chi connectivity index (χ3n) is 10.8. The van der Waals surface area contributed by atoms with Crippen LogP contribution in [0.5, 0.6) is 0 Å². The highest BCUT2D eigenvalue weighted by Crippen LogP contribution is 2.15. The van der Waals surface area contributed by atoms with E-state index in [1.54, 1.807) is 0 Å². The summed E-state index contributed by atoms with van der Waals surface area (Å²) in [4.78, 5) is 42.2. The molecule has 0 saturated heterocycles. The van der Waals surface area contributed by atoms with Crippen molar-refractivity contribution in [1.29, 1.82) is 0 Å². The van der Waals surface area contributed by atoms with E-state index in [2.05, 4.69) is 50.1 Å². The zero-order valence-electron chi connectivity index (χ0n) is 36.7. The van der Waals surface area contributed by atoms with Gasteiger partial charge >= 0.3 is 0 Å². The Bertz CT molecular complexity index is 877. The fraction of sp³-hybridized carbons (Fsp3) is 0.894. The molecule has 0 atom stereocenters. The van der Waals surface area contributed by atoms with E-state index in [1.165, 1.54) is 122 Å². The number of unbranched alkanes of at least 4 members (excludes halogenated alkanes) is 24. The molecule has 0 fully saturated rings. The summed E-state index contributed by atoms with van der Waals surface area (Å²) in [7, 11) is 4.10. The second-order valence-electron chi connectivity index (χ2n) is 16.5. The standard InChI is InChI=1S/C47H92N4O3/c1-6-8-10-12-14-16-18-20-22-24-28-34-45(52)35-29-26-27-32-41-51(47(54)38-37-44(3)48-40-43-50(4)5)42-33-31-39-49-46(53)36-30-25-23-21-19-17-15-13-11-9-7-2/h48H,3,6-43H2,1-2,4-5H3,(H,49,53). The Balaban J connectivity index is 4.23. The monoisotopic (exact) mass is 761 g/mol. The molecule has 0 aromatic heterocycles. The smallest absolute Gasteiger partial charge is 0.222 e. The van der Waals surface area contributed by atoms with Crippen LogP contribution < -0.4 is 10.6 Å². The molecule has 0 aliphatic heterocycles. The normalized spacial score (nSPS) is 11.3. The molecule has 0 rings (SSSR count). The second kappa shape index (κ2) is 40.8. The number of hydrogen-bond donors (Lipinski definition) is 2. The molecule has 0 saturated carbocycles. The first kappa shape index (κ1) is 52.1. The van der Waals surface area contributed by atoms with Crippen molar-refractivity contribution in [2.75, 3.05) is 46.8 Å². The minimum absolute atomic E-state index is 0.163. The molecule has 0 heterocycles. The number of likely N-dealkylation sites (N-methyl/N-ethyl adjacent to an activating group) is 1. The number of carbonyl (C=O) groups excluding carboxylic acids is 3.